The van der Waals surface area contributed by atoms with Gasteiger partial charge in [-0.15, -0.1) is 11.6 Å². The average Bonchev–Trinajstić information content (AvgIpc) is 2.93. The van der Waals surface area contributed by atoms with Crippen molar-refractivity contribution >= 4 is 34.2 Å². The van der Waals surface area contributed by atoms with Gasteiger partial charge in [-0.1, -0.05) is 24.6 Å². The second-order valence-electron chi connectivity index (χ2n) is 11.7. The van der Waals surface area contributed by atoms with Crippen LogP contribution >= 0.6 is 11.6 Å². The first-order chi connectivity index (χ1) is 19.6. The Hall–Kier alpha value is -2.85. The topological polar surface area (TPSA) is 115 Å². The summed E-state index contributed by atoms with van der Waals surface area (Å²) >= 11 is 6.57. The van der Waals surface area contributed by atoms with E-state index in [1.807, 2.05) is 37.9 Å². The Kier molecular flexibility index (Phi) is 9.09. The molecule has 3 N–H and O–H groups in total. The summed E-state index contributed by atoms with van der Waals surface area (Å²) in [6.45, 7) is 6.36. The number of rotatable bonds is 6. The summed E-state index contributed by atoms with van der Waals surface area (Å²) < 4.78 is 12.4. The summed E-state index contributed by atoms with van der Waals surface area (Å²) in [6.07, 6.45) is 8.55. The molecule has 5 rings (SSSR count). The molecule has 10 heteroatoms. The molecule has 0 bridgehead atoms. The van der Waals surface area contributed by atoms with Gasteiger partial charge in [0.2, 0.25) is 0 Å². The Balaban J connectivity index is 1.62. The maximum Gasteiger partial charge on any atom is 0.415 e. The highest BCUT2D eigenvalue weighted by molar-refractivity contribution is 6.26. The highest BCUT2D eigenvalue weighted by Gasteiger charge is 2.35. The van der Waals surface area contributed by atoms with Gasteiger partial charge in [-0.2, -0.15) is 0 Å². The number of fused-ring (bicyclic) bond motifs is 1. The fraction of sp³-hybridized carbons (Fsp3) is 0.548. The van der Waals surface area contributed by atoms with E-state index in [0.717, 1.165) is 25.8 Å². The van der Waals surface area contributed by atoms with E-state index in [9.17, 15) is 19.8 Å². The average molecular weight is 586 g/mol. The van der Waals surface area contributed by atoms with Crippen molar-refractivity contribution in [1.29, 1.82) is 0 Å². The molecule has 0 radical (unpaired) electrons. The fourth-order valence-corrected chi connectivity index (χ4v) is 6.40. The maximum absolute atomic E-state index is 13.7. The van der Waals surface area contributed by atoms with E-state index in [-0.39, 0.29) is 45.7 Å². The van der Waals surface area contributed by atoms with Crippen LogP contribution in [-0.2, 0) is 0 Å². The van der Waals surface area contributed by atoms with Gasteiger partial charge in [0.15, 0.2) is 5.43 Å². The molecule has 1 amide bonds. The Morgan fingerprint density at radius 1 is 1.29 bits per heavy atom. The molecule has 3 aliphatic rings. The number of amides is 1. The Bertz CT molecular complexity index is 1400. The number of ether oxygens (including phenoxy) is 1. The van der Waals surface area contributed by atoms with Crippen LogP contribution in [0.15, 0.2) is 39.6 Å². The van der Waals surface area contributed by atoms with Crippen LogP contribution < -0.4 is 15.5 Å². The molecule has 4 atom stereocenters. The molecule has 0 spiro atoms. The largest absolute Gasteiger partial charge is 0.507 e. The zero-order chi connectivity index (χ0) is 29.3. The van der Waals surface area contributed by atoms with Crippen LogP contribution in [0.25, 0.3) is 16.5 Å². The SMILES string of the molecule is CC(C)N(CC1CCCCN1)C(=O)Oc1cc(O)c2c(=O)cc(C3=CC=CCC3Cl)oc2c1[C@H]1CCN(C)C[C@H]1O. The molecule has 2 unspecified atom stereocenters. The van der Waals surface area contributed by atoms with Crippen LogP contribution in [0.3, 0.4) is 0 Å². The summed E-state index contributed by atoms with van der Waals surface area (Å²) in [6, 6.07) is 2.68. The van der Waals surface area contributed by atoms with Gasteiger partial charge in [0, 0.05) is 54.4 Å². The molecular weight excluding hydrogens is 546 g/mol. The van der Waals surface area contributed by atoms with Gasteiger partial charge in [-0.3, -0.25) is 4.79 Å². The molecule has 222 valence electrons. The van der Waals surface area contributed by atoms with Crippen molar-refractivity contribution in [1.82, 2.24) is 15.1 Å². The number of hydrogen-bond acceptors (Lipinski definition) is 8. The molecule has 1 aromatic heterocycles. The van der Waals surface area contributed by atoms with Gasteiger partial charge in [0.25, 0.3) is 0 Å². The zero-order valence-electron chi connectivity index (χ0n) is 23.9. The van der Waals surface area contributed by atoms with Gasteiger partial charge >= 0.3 is 6.09 Å². The van der Waals surface area contributed by atoms with E-state index in [1.165, 1.54) is 12.1 Å². The number of allylic oxidation sites excluding steroid dienone is 4. The third-order valence-electron chi connectivity index (χ3n) is 8.40. The van der Waals surface area contributed by atoms with Gasteiger partial charge in [-0.25, -0.2) is 4.79 Å². The number of benzene rings is 1. The maximum atomic E-state index is 13.7. The second-order valence-corrected chi connectivity index (χ2v) is 12.3. The van der Waals surface area contributed by atoms with Gasteiger partial charge in [0.1, 0.15) is 28.2 Å². The number of carbonyl (C=O) groups is 1. The number of β-amino-alcohol motifs (C(OH)–C–C–N with tert-alkyl or cyclic N) is 1. The lowest BCUT2D eigenvalue weighted by Gasteiger charge is -2.35. The number of hydrogen-bond donors (Lipinski definition) is 3. The predicted molar refractivity (Wildman–Crippen MR) is 160 cm³/mol. The number of halogens is 1. The van der Waals surface area contributed by atoms with Crippen molar-refractivity contribution in [3.05, 3.63) is 51.9 Å². The quantitative estimate of drug-likeness (QED) is 0.422. The van der Waals surface area contributed by atoms with Crippen molar-refractivity contribution in [3.8, 4) is 11.5 Å². The molecule has 2 aromatic rings. The van der Waals surface area contributed by atoms with Crippen LogP contribution in [0.5, 0.6) is 11.5 Å². The second kappa shape index (κ2) is 12.6. The molecule has 1 aromatic carbocycles. The van der Waals surface area contributed by atoms with Gasteiger partial charge in [-0.05, 0) is 59.7 Å². The lowest BCUT2D eigenvalue weighted by molar-refractivity contribution is 0.0626. The van der Waals surface area contributed by atoms with Gasteiger partial charge in [0.05, 0.1) is 11.5 Å². The molecule has 9 nitrogen and oxygen atoms in total. The van der Waals surface area contributed by atoms with E-state index in [1.54, 1.807) is 11.0 Å². The van der Waals surface area contributed by atoms with E-state index in [2.05, 4.69) is 5.32 Å². The molecule has 2 aliphatic heterocycles. The minimum atomic E-state index is -0.807. The standard InChI is InChI=1S/C31H40ClN3O6/c1-18(2)35(16-19-8-6-7-12-33-19)31(39)41-27-15-24(37)29-23(36)14-26(20-9-4-5-10-22(20)32)40-30(29)28(27)21-11-13-34(3)17-25(21)38/h4-5,9,14-15,18-19,21-22,25,33,37-38H,6-8,10-13,16-17H2,1-3H3/t19?,21-,22?,25+/m0/s1. The predicted octanol–water partition coefficient (Wildman–Crippen LogP) is 4.58. The number of carbonyl (C=O) groups excluding carboxylic acids is 1. The summed E-state index contributed by atoms with van der Waals surface area (Å²) in [5, 5.41) is 25.3. The highest BCUT2D eigenvalue weighted by atomic mass is 35.5. The van der Waals surface area contributed by atoms with Gasteiger partial charge < -0.3 is 34.5 Å². The molecule has 1 aliphatic carbocycles. The number of aromatic hydroxyl groups is 1. The smallest absolute Gasteiger partial charge is 0.415 e. The lowest BCUT2D eigenvalue weighted by Crippen LogP contribution is -2.49. The lowest BCUT2D eigenvalue weighted by atomic mass is 9.85. The number of likely N-dealkylation sites (tertiary alicyclic amines) is 1. The van der Waals surface area contributed by atoms with Crippen LogP contribution in [0.2, 0.25) is 0 Å². The van der Waals surface area contributed by atoms with E-state index in [0.29, 0.717) is 43.6 Å². The number of nitrogens with zero attached hydrogens (tertiary/aromatic N) is 2. The summed E-state index contributed by atoms with van der Waals surface area (Å²) in [5.74, 6) is -0.476. The first-order valence-electron chi connectivity index (χ1n) is 14.6. The molecule has 2 saturated heterocycles. The van der Waals surface area contributed by atoms with E-state index >= 15 is 0 Å². The van der Waals surface area contributed by atoms with Crippen molar-refractivity contribution in [2.75, 3.05) is 33.2 Å². The van der Waals surface area contributed by atoms with Crippen LogP contribution in [0, 0.1) is 0 Å². The number of nitrogens with one attached hydrogen (secondary N) is 1. The molecule has 2 fully saturated rings. The Morgan fingerprint density at radius 2 is 2.10 bits per heavy atom. The molecule has 0 saturated carbocycles. The summed E-state index contributed by atoms with van der Waals surface area (Å²) in [5.41, 5.74) is 0.722. The molecule has 3 heterocycles. The Labute approximate surface area is 245 Å². The number of likely N-dealkylation sites (N-methyl/N-ethyl adjacent to an activating group) is 1. The first-order valence-corrected chi connectivity index (χ1v) is 15.0. The monoisotopic (exact) mass is 585 g/mol. The zero-order valence-corrected chi connectivity index (χ0v) is 24.7. The van der Waals surface area contributed by atoms with E-state index in [4.69, 9.17) is 20.8 Å². The number of alkyl halides is 1. The number of phenols is 1. The third kappa shape index (κ3) is 6.33. The Morgan fingerprint density at radius 3 is 2.78 bits per heavy atom. The molecular formula is C31H40ClN3O6. The van der Waals surface area contributed by atoms with Crippen LogP contribution in [0.4, 0.5) is 4.79 Å². The van der Waals surface area contributed by atoms with Crippen molar-refractivity contribution in [2.24, 2.45) is 0 Å². The minimum absolute atomic E-state index is 0.0140. The van der Waals surface area contributed by atoms with Crippen molar-refractivity contribution in [2.45, 2.75) is 75.4 Å². The van der Waals surface area contributed by atoms with Crippen LogP contribution in [-0.4, -0.2) is 82.9 Å². The fourth-order valence-electron chi connectivity index (χ4n) is 6.12. The number of phenolic OH excluding ortho intramolecular Hbond substituents is 1. The highest BCUT2D eigenvalue weighted by Crippen LogP contribution is 2.43. The third-order valence-corrected chi connectivity index (χ3v) is 8.81. The van der Waals surface area contributed by atoms with Crippen molar-refractivity contribution < 1.29 is 24.2 Å². The molecule has 41 heavy (non-hydrogen) atoms. The minimum Gasteiger partial charge on any atom is -0.507 e. The van der Waals surface area contributed by atoms with E-state index < -0.39 is 23.5 Å². The first kappa shape index (κ1) is 29.6. The summed E-state index contributed by atoms with van der Waals surface area (Å²) in [4.78, 5) is 30.7. The van der Waals surface area contributed by atoms with Crippen molar-refractivity contribution in [3.63, 3.8) is 0 Å². The van der Waals surface area contributed by atoms with Crippen LogP contribution in [0.1, 0.15) is 63.2 Å². The number of piperidine rings is 2. The number of aliphatic hydroxyl groups excluding tert-OH is 1. The summed E-state index contributed by atoms with van der Waals surface area (Å²) in [7, 11) is 1.93. The normalized spacial score (nSPS) is 25.4. The number of aliphatic hydroxyl groups is 1.